The molecule has 1 unspecified atom stereocenters. The maximum Gasteiger partial charge on any atom is 0.405 e. The molecule has 2 aromatic rings. The van der Waals surface area contributed by atoms with Crippen molar-refractivity contribution >= 4 is 17.4 Å². The maximum atomic E-state index is 10.9. The van der Waals surface area contributed by atoms with Gasteiger partial charge in [0, 0.05) is 5.38 Å². The van der Waals surface area contributed by atoms with Crippen LogP contribution in [0.2, 0.25) is 0 Å². The molecule has 3 N–H and O–H groups in total. The Labute approximate surface area is 114 Å². The van der Waals surface area contributed by atoms with Crippen LogP contribution in [0, 0.1) is 0 Å². The van der Waals surface area contributed by atoms with Gasteiger partial charge in [-0.15, -0.1) is 11.3 Å². The molecule has 0 fully saturated rings. The lowest BCUT2D eigenvalue weighted by Crippen LogP contribution is -2.28. The summed E-state index contributed by atoms with van der Waals surface area (Å²) in [6.07, 6.45) is -0.549. The predicted octanol–water partition coefficient (Wildman–Crippen LogP) is 2.19. The van der Waals surface area contributed by atoms with E-state index >= 15 is 0 Å². The third kappa shape index (κ3) is 3.77. The van der Waals surface area contributed by atoms with Crippen molar-refractivity contribution < 1.29 is 15.0 Å². The quantitative estimate of drug-likeness (QED) is 0.783. The number of carbonyl (C=O) groups is 1. The number of aromatic nitrogens is 1. The first kappa shape index (κ1) is 13.5. The summed E-state index contributed by atoms with van der Waals surface area (Å²) < 4.78 is 0. The number of hydrogen-bond donors (Lipinski definition) is 3. The molecule has 0 aliphatic carbocycles. The Balaban J connectivity index is 2.18. The molecule has 100 valence electrons. The smallest absolute Gasteiger partial charge is 0.405 e. The second-order valence-corrected chi connectivity index (χ2v) is 4.92. The second-order valence-electron chi connectivity index (χ2n) is 4.03. The molecule has 6 heteroatoms. The first-order valence-corrected chi connectivity index (χ1v) is 6.65. The van der Waals surface area contributed by atoms with Gasteiger partial charge in [0.15, 0.2) is 0 Å². The molecular weight excluding hydrogens is 264 g/mol. The molecule has 0 radical (unpaired) electrons. The Morgan fingerprint density at radius 3 is 2.68 bits per heavy atom. The van der Waals surface area contributed by atoms with Crippen LogP contribution >= 0.6 is 11.3 Å². The SMILES string of the molecule is O=C(O)NC(Cc1ccccc1)c1nc(CO)cs1. The van der Waals surface area contributed by atoms with Gasteiger partial charge < -0.3 is 15.5 Å². The molecule has 0 spiro atoms. The fraction of sp³-hybridized carbons (Fsp3) is 0.231. The van der Waals surface area contributed by atoms with Gasteiger partial charge >= 0.3 is 6.09 Å². The van der Waals surface area contributed by atoms with Crippen molar-refractivity contribution in [3.05, 3.63) is 52.0 Å². The number of nitrogens with zero attached hydrogens (tertiary/aromatic N) is 1. The minimum absolute atomic E-state index is 0.137. The summed E-state index contributed by atoms with van der Waals surface area (Å²) in [4.78, 5) is 15.1. The minimum atomic E-state index is -1.08. The van der Waals surface area contributed by atoms with Crippen molar-refractivity contribution in [1.82, 2.24) is 10.3 Å². The number of benzene rings is 1. The Kier molecular flexibility index (Phi) is 4.48. The summed E-state index contributed by atoms with van der Waals surface area (Å²) in [5.74, 6) is 0. The van der Waals surface area contributed by atoms with E-state index in [0.717, 1.165) is 5.56 Å². The predicted molar refractivity (Wildman–Crippen MR) is 72.1 cm³/mol. The van der Waals surface area contributed by atoms with E-state index in [1.165, 1.54) is 11.3 Å². The number of carboxylic acid groups (broad SMARTS) is 1. The summed E-state index contributed by atoms with van der Waals surface area (Å²) in [6.45, 7) is -0.137. The number of amides is 1. The van der Waals surface area contributed by atoms with Crippen LogP contribution in [0.3, 0.4) is 0 Å². The first-order chi connectivity index (χ1) is 9.19. The van der Waals surface area contributed by atoms with Crippen LogP contribution in [0.15, 0.2) is 35.7 Å². The van der Waals surface area contributed by atoms with Gasteiger partial charge in [-0.3, -0.25) is 0 Å². The van der Waals surface area contributed by atoms with E-state index in [2.05, 4.69) is 10.3 Å². The summed E-state index contributed by atoms with van der Waals surface area (Å²) in [5.41, 5.74) is 1.59. The number of aliphatic hydroxyl groups excluding tert-OH is 1. The third-order valence-corrected chi connectivity index (χ3v) is 3.62. The highest BCUT2D eigenvalue weighted by Crippen LogP contribution is 2.22. The van der Waals surface area contributed by atoms with Crippen LogP contribution in [0.25, 0.3) is 0 Å². The summed E-state index contributed by atoms with van der Waals surface area (Å²) in [5, 5.41) is 22.8. The Bertz CT molecular complexity index is 542. The van der Waals surface area contributed by atoms with Gasteiger partial charge in [-0.2, -0.15) is 0 Å². The zero-order chi connectivity index (χ0) is 13.7. The van der Waals surface area contributed by atoms with E-state index in [-0.39, 0.29) is 6.61 Å². The van der Waals surface area contributed by atoms with E-state index < -0.39 is 12.1 Å². The summed E-state index contributed by atoms with van der Waals surface area (Å²) in [7, 11) is 0. The molecule has 1 amide bonds. The standard InChI is InChI=1S/C13H14N2O3S/c16-7-10-8-19-12(14-10)11(15-13(17)18)6-9-4-2-1-3-5-9/h1-5,8,11,15-16H,6-7H2,(H,17,18). The molecule has 2 rings (SSSR count). The average Bonchev–Trinajstić information content (AvgIpc) is 2.87. The van der Waals surface area contributed by atoms with Crippen LogP contribution in [-0.4, -0.2) is 21.3 Å². The third-order valence-electron chi connectivity index (χ3n) is 2.61. The summed E-state index contributed by atoms with van der Waals surface area (Å²) >= 11 is 1.35. The molecular formula is C13H14N2O3S. The van der Waals surface area contributed by atoms with Gasteiger partial charge in [-0.05, 0) is 12.0 Å². The lowest BCUT2D eigenvalue weighted by Gasteiger charge is -2.14. The van der Waals surface area contributed by atoms with Crippen LogP contribution in [0.1, 0.15) is 22.3 Å². The van der Waals surface area contributed by atoms with Crippen LogP contribution in [-0.2, 0) is 13.0 Å². The van der Waals surface area contributed by atoms with Crippen LogP contribution < -0.4 is 5.32 Å². The highest BCUT2D eigenvalue weighted by Gasteiger charge is 2.18. The topological polar surface area (TPSA) is 82.5 Å². The number of nitrogens with one attached hydrogen (secondary N) is 1. The van der Waals surface area contributed by atoms with Crippen molar-refractivity contribution in [3.8, 4) is 0 Å². The van der Waals surface area contributed by atoms with Gasteiger partial charge in [0.1, 0.15) is 5.01 Å². The molecule has 5 nitrogen and oxygen atoms in total. The van der Waals surface area contributed by atoms with Crippen LogP contribution in [0.5, 0.6) is 0 Å². The number of hydrogen-bond acceptors (Lipinski definition) is 4. The Morgan fingerprint density at radius 1 is 1.37 bits per heavy atom. The average molecular weight is 278 g/mol. The fourth-order valence-corrected chi connectivity index (χ4v) is 2.61. The number of aliphatic hydroxyl groups is 1. The van der Waals surface area contributed by atoms with Crippen molar-refractivity contribution in [1.29, 1.82) is 0 Å². The molecule has 0 saturated heterocycles. The van der Waals surface area contributed by atoms with Crippen molar-refractivity contribution in [2.24, 2.45) is 0 Å². The molecule has 0 bridgehead atoms. The highest BCUT2D eigenvalue weighted by molar-refractivity contribution is 7.09. The molecule has 19 heavy (non-hydrogen) atoms. The van der Waals surface area contributed by atoms with E-state index in [4.69, 9.17) is 10.2 Å². The molecule has 1 aromatic heterocycles. The van der Waals surface area contributed by atoms with Gasteiger partial charge in [0.25, 0.3) is 0 Å². The van der Waals surface area contributed by atoms with Crippen molar-refractivity contribution in [2.75, 3.05) is 0 Å². The van der Waals surface area contributed by atoms with Crippen molar-refractivity contribution in [3.63, 3.8) is 0 Å². The fourth-order valence-electron chi connectivity index (χ4n) is 1.75. The second kappa shape index (κ2) is 6.31. The Hall–Kier alpha value is -1.92. The lowest BCUT2D eigenvalue weighted by molar-refractivity contribution is 0.189. The molecule has 0 aliphatic rings. The zero-order valence-corrected chi connectivity index (χ0v) is 10.9. The van der Waals surface area contributed by atoms with Crippen LogP contribution in [0.4, 0.5) is 4.79 Å². The largest absolute Gasteiger partial charge is 0.465 e. The van der Waals surface area contributed by atoms with Gasteiger partial charge in [-0.1, -0.05) is 30.3 Å². The van der Waals surface area contributed by atoms with E-state index in [9.17, 15) is 4.79 Å². The maximum absolute atomic E-state index is 10.9. The molecule has 1 heterocycles. The van der Waals surface area contributed by atoms with Gasteiger partial charge in [0.05, 0.1) is 18.3 Å². The monoisotopic (exact) mass is 278 g/mol. The van der Waals surface area contributed by atoms with E-state index in [0.29, 0.717) is 17.1 Å². The number of rotatable bonds is 5. The molecule has 0 aliphatic heterocycles. The lowest BCUT2D eigenvalue weighted by atomic mass is 10.1. The summed E-state index contributed by atoms with van der Waals surface area (Å²) in [6, 6.07) is 9.22. The normalized spacial score (nSPS) is 12.1. The molecule has 1 aromatic carbocycles. The molecule has 1 atom stereocenters. The van der Waals surface area contributed by atoms with E-state index in [1.807, 2.05) is 30.3 Å². The first-order valence-electron chi connectivity index (χ1n) is 5.77. The highest BCUT2D eigenvalue weighted by atomic mass is 32.1. The van der Waals surface area contributed by atoms with Gasteiger partial charge in [0.2, 0.25) is 0 Å². The van der Waals surface area contributed by atoms with Gasteiger partial charge in [-0.25, -0.2) is 9.78 Å². The zero-order valence-electron chi connectivity index (χ0n) is 10.1. The van der Waals surface area contributed by atoms with Crippen molar-refractivity contribution in [2.45, 2.75) is 19.1 Å². The number of thiazole rings is 1. The minimum Gasteiger partial charge on any atom is -0.465 e. The van der Waals surface area contributed by atoms with E-state index in [1.54, 1.807) is 5.38 Å². The molecule has 0 saturated carbocycles. The Morgan fingerprint density at radius 2 is 2.11 bits per heavy atom.